The van der Waals surface area contributed by atoms with Gasteiger partial charge in [0.1, 0.15) is 10.4 Å². The van der Waals surface area contributed by atoms with Gasteiger partial charge in [-0.25, -0.2) is 4.98 Å². The molecule has 0 bridgehead atoms. The van der Waals surface area contributed by atoms with Crippen molar-refractivity contribution in [3.8, 4) is 0 Å². The zero-order valence-corrected chi connectivity index (χ0v) is 9.92. The highest BCUT2D eigenvalue weighted by molar-refractivity contribution is 7.10. The lowest BCUT2D eigenvalue weighted by Crippen LogP contribution is -2.32. The molecule has 2 aliphatic carbocycles. The number of hydrogen-bond donors (Lipinski definition) is 1. The number of rotatable bonds is 3. The molecule has 1 heterocycles. The number of carboxylic acids is 1. The predicted molar refractivity (Wildman–Crippen MR) is 61.9 cm³/mol. The zero-order valence-electron chi connectivity index (χ0n) is 9.11. The van der Waals surface area contributed by atoms with Gasteiger partial charge in [-0.15, -0.1) is 11.3 Å². The molecule has 86 valence electrons. The minimum Gasteiger partial charge on any atom is -0.481 e. The molecule has 2 aliphatic rings. The summed E-state index contributed by atoms with van der Waals surface area (Å²) in [5.74, 6) is -0.0565. The van der Waals surface area contributed by atoms with E-state index in [9.17, 15) is 9.90 Å². The molecule has 1 aromatic rings. The number of carboxylic acid groups (broad SMARTS) is 1. The minimum absolute atomic E-state index is 0.622. The topological polar surface area (TPSA) is 50.2 Å². The Balaban J connectivity index is 1.95. The molecule has 0 aliphatic heterocycles. The summed E-state index contributed by atoms with van der Waals surface area (Å²) in [6.45, 7) is 0. The largest absolute Gasteiger partial charge is 0.481 e. The van der Waals surface area contributed by atoms with Crippen molar-refractivity contribution in [2.75, 3.05) is 0 Å². The maximum atomic E-state index is 11.5. The van der Waals surface area contributed by atoms with E-state index in [1.165, 1.54) is 12.8 Å². The Bertz CT molecular complexity index is 416. The summed E-state index contributed by atoms with van der Waals surface area (Å²) in [5, 5.41) is 12.4. The average Bonchev–Trinajstić information content (AvgIpc) is 2.83. The van der Waals surface area contributed by atoms with Gasteiger partial charge in [-0.3, -0.25) is 4.79 Å². The Morgan fingerprint density at radius 3 is 2.69 bits per heavy atom. The van der Waals surface area contributed by atoms with Crippen LogP contribution >= 0.6 is 11.3 Å². The van der Waals surface area contributed by atoms with Crippen LogP contribution in [0.2, 0.25) is 0 Å². The second-order valence-corrected chi connectivity index (χ2v) is 5.80. The first-order chi connectivity index (χ1) is 7.72. The molecule has 16 heavy (non-hydrogen) atoms. The summed E-state index contributed by atoms with van der Waals surface area (Å²) in [6, 6.07) is 0. The fourth-order valence-electron chi connectivity index (χ4n) is 2.57. The van der Waals surface area contributed by atoms with E-state index in [-0.39, 0.29) is 0 Å². The monoisotopic (exact) mass is 237 g/mol. The summed E-state index contributed by atoms with van der Waals surface area (Å²) in [4.78, 5) is 16.1. The summed E-state index contributed by atoms with van der Waals surface area (Å²) in [7, 11) is 0. The van der Waals surface area contributed by atoms with Crippen molar-refractivity contribution in [3.63, 3.8) is 0 Å². The van der Waals surface area contributed by atoms with Crippen LogP contribution in [0.5, 0.6) is 0 Å². The van der Waals surface area contributed by atoms with Crippen molar-refractivity contribution < 1.29 is 9.90 Å². The Hall–Kier alpha value is -0.900. The molecular weight excluding hydrogens is 222 g/mol. The average molecular weight is 237 g/mol. The first kappa shape index (κ1) is 10.3. The second kappa shape index (κ2) is 3.55. The van der Waals surface area contributed by atoms with Gasteiger partial charge in [0.05, 0.1) is 5.69 Å². The molecule has 4 heteroatoms. The lowest BCUT2D eigenvalue weighted by Gasteiger charge is -2.20. The summed E-state index contributed by atoms with van der Waals surface area (Å²) >= 11 is 1.55. The van der Waals surface area contributed by atoms with Gasteiger partial charge in [0.2, 0.25) is 0 Å². The van der Waals surface area contributed by atoms with Gasteiger partial charge in [-0.2, -0.15) is 0 Å². The molecule has 3 nitrogen and oxygen atoms in total. The quantitative estimate of drug-likeness (QED) is 0.879. The molecule has 0 atom stereocenters. The van der Waals surface area contributed by atoms with Crippen LogP contribution in [0.1, 0.15) is 55.1 Å². The molecule has 0 spiro atoms. The van der Waals surface area contributed by atoms with Crippen LogP contribution in [0.15, 0.2) is 5.38 Å². The number of aliphatic carboxylic acids is 1. The predicted octanol–water partition coefficient (Wildman–Crippen LogP) is 2.92. The minimum atomic E-state index is -0.679. The highest BCUT2D eigenvalue weighted by Crippen LogP contribution is 2.46. The van der Waals surface area contributed by atoms with E-state index in [1.54, 1.807) is 11.3 Å². The Morgan fingerprint density at radius 1 is 1.44 bits per heavy atom. The van der Waals surface area contributed by atoms with Crippen molar-refractivity contribution in [3.05, 3.63) is 16.1 Å². The normalized spacial score (nSPS) is 23.5. The maximum Gasteiger partial charge on any atom is 0.316 e. The Labute approximate surface area is 98.5 Å². The first-order valence-electron chi connectivity index (χ1n) is 5.92. The van der Waals surface area contributed by atoms with Crippen molar-refractivity contribution >= 4 is 17.3 Å². The van der Waals surface area contributed by atoms with Crippen LogP contribution in [0, 0.1) is 0 Å². The fraction of sp³-hybridized carbons (Fsp3) is 0.667. The third-order valence-corrected chi connectivity index (χ3v) is 4.86. The zero-order chi connectivity index (χ0) is 11.2. The smallest absolute Gasteiger partial charge is 0.316 e. The number of hydrogen-bond acceptors (Lipinski definition) is 3. The van der Waals surface area contributed by atoms with Gasteiger partial charge in [0.25, 0.3) is 0 Å². The van der Waals surface area contributed by atoms with E-state index in [0.29, 0.717) is 5.92 Å². The SMILES string of the molecule is O=C(O)C1(c2nc(C3CC3)cs2)CCCC1. The molecule has 2 fully saturated rings. The molecule has 1 N–H and O–H groups in total. The van der Waals surface area contributed by atoms with Gasteiger partial charge in [0.15, 0.2) is 0 Å². The van der Waals surface area contributed by atoms with Crippen LogP contribution in [-0.4, -0.2) is 16.1 Å². The standard InChI is InChI=1S/C12H15NO2S/c14-11(15)12(5-1-2-6-12)10-13-9(7-16-10)8-3-4-8/h7-8H,1-6H2,(H,14,15). The van der Waals surface area contributed by atoms with E-state index in [2.05, 4.69) is 10.4 Å². The van der Waals surface area contributed by atoms with Gasteiger partial charge in [-0.1, -0.05) is 12.8 Å². The summed E-state index contributed by atoms with van der Waals surface area (Å²) in [6.07, 6.45) is 6.02. The lowest BCUT2D eigenvalue weighted by molar-refractivity contribution is -0.143. The van der Waals surface area contributed by atoms with Crippen molar-refractivity contribution in [2.24, 2.45) is 0 Å². The van der Waals surface area contributed by atoms with Crippen LogP contribution in [0.25, 0.3) is 0 Å². The van der Waals surface area contributed by atoms with Gasteiger partial charge in [0, 0.05) is 11.3 Å². The fourth-order valence-corrected chi connectivity index (χ4v) is 3.72. The van der Waals surface area contributed by atoms with Crippen LogP contribution < -0.4 is 0 Å². The molecule has 0 radical (unpaired) electrons. The van der Waals surface area contributed by atoms with E-state index in [4.69, 9.17) is 0 Å². The van der Waals surface area contributed by atoms with Gasteiger partial charge >= 0.3 is 5.97 Å². The molecule has 0 aromatic carbocycles. The summed E-state index contributed by atoms with van der Waals surface area (Å²) in [5.41, 5.74) is 0.477. The Morgan fingerprint density at radius 2 is 2.12 bits per heavy atom. The molecule has 1 aromatic heterocycles. The number of nitrogens with zero attached hydrogens (tertiary/aromatic N) is 1. The molecule has 0 saturated heterocycles. The van der Waals surface area contributed by atoms with E-state index >= 15 is 0 Å². The molecular formula is C12H15NO2S. The van der Waals surface area contributed by atoms with Crippen molar-refractivity contribution in [1.82, 2.24) is 4.98 Å². The van der Waals surface area contributed by atoms with Crippen LogP contribution in [-0.2, 0) is 10.2 Å². The van der Waals surface area contributed by atoms with Gasteiger partial charge < -0.3 is 5.11 Å². The van der Waals surface area contributed by atoms with E-state index in [0.717, 1.165) is 36.4 Å². The second-order valence-electron chi connectivity index (χ2n) is 4.95. The molecule has 3 rings (SSSR count). The maximum absolute atomic E-state index is 11.5. The van der Waals surface area contributed by atoms with Crippen molar-refractivity contribution in [1.29, 1.82) is 0 Å². The third kappa shape index (κ3) is 1.47. The lowest BCUT2D eigenvalue weighted by atomic mass is 9.87. The van der Waals surface area contributed by atoms with Gasteiger partial charge in [-0.05, 0) is 25.7 Å². The third-order valence-electron chi connectivity index (χ3n) is 3.79. The Kier molecular flexibility index (Phi) is 2.28. The van der Waals surface area contributed by atoms with Crippen LogP contribution in [0.4, 0.5) is 0 Å². The highest BCUT2D eigenvalue weighted by atomic mass is 32.1. The first-order valence-corrected chi connectivity index (χ1v) is 6.80. The number of carbonyl (C=O) groups is 1. The van der Waals surface area contributed by atoms with E-state index in [1.807, 2.05) is 0 Å². The van der Waals surface area contributed by atoms with Crippen LogP contribution in [0.3, 0.4) is 0 Å². The highest BCUT2D eigenvalue weighted by Gasteiger charge is 2.45. The van der Waals surface area contributed by atoms with E-state index < -0.39 is 11.4 Å². The summed E-state index contributed by atoms with van der Waals surface area (Å²) < 4.78 is 0. The van der Waals surface area contributed by atoms with Crippen molar-refractivity contribution in [2.45, 2.75) is 49.9 Å². The molecule has 0 unspecified atom stereocenters. The molecule has 0 amide bonds. The number of aromatic nitrogens is 1. The molecule has 2 saturated carbocycles. The number of thiazole rings is 1.